The summed E-state index contributed by atoms with van der Waals surface area (Å²) in [7, 11) is 0. The third-order valence-corrected chi connectivity index (χ3v) is 5.40. The van der Waals surface area contributed by atoms with E-state index in [0.717, 1.165) is 15.7 Å². The van der Waals surface area contributed by atoms with Crippen LogP contribution < -0.4 is 11.2 Å². The van der Waals surface area contributed by atoms with Gasteiger partial charge < -0.3 is 15.0 Å². The molecule has 2 N–H and O–H groups in total. The first-order valence-electron chi connectivity index (χ1n) is 9.22. The Morgan fingerprint density at radius 2 is 1.72 bits per heavy atom. The molecule has 8 heteroatoms. The number of hydrogen-bond donors (Lipinski definition) is 2. The number of benzene rings is 2. The fourth-order valence-electron chi connectivity index (χ4n) is 3.85. The van der Waals surface area contributed by atoms with Gasteiger partial charge in [0.1, 0.15) is 12.1 Å². The molecule has 1 aromatic heterocycles. The van der Waals surface area contributed by atoms with Gasteiger partial charge in [-0.05, 0) is 30.2 Å². The van der Waals surface area contributed by atoms with Gasteiger partial charge in [0.05, 0.1) is 10.9 Å². The first-order valence-corrected chi connectivity index (χ1v) is 9.22. The standard InChI is InChI=1S/C21H19N3O5/c1-12(24-19(26)15-8-4-5-9-16(15)22-21(24)29)18(25)23-11-14-7-3-2-6-13(14)10-17(23)20(27)28/h2-9,12,17H,10-11H2,1H3,(H,22,29)(H,27,28)/t12-,17+/m1/s1. The Bertz CT molecular complexity index is 1240. The van der Waals surface area contributed by atoms with Gasteiger partial charge in [0.2, 0.25) is 5.91 Å². The predicted octanol–water partition coefficient (Wildman–Crippen LogP) is 1.29. The quantitative estimate of drug-likeness (QED) is 0.696. The SMILES string of the molecule is C[C@H](C(=O)N1Cc2ccccc2C[C@H]1C(=O)O)n1c(=O)[nH]c2ccccc2c1=O. The van der Waals surface area contributed by atoms with Crippen LogP contribution in [0.1, 0.15) is 24.1 Å². The van der Waals surface area contributed by atoms with E-state index < -0.39 is 35.2 Å². The number of rotatable bonds is 3. The normalized spacial score (nSPS) is 17.0. The van der Waals surface area contributed by atoms with Crippen LogP contribution >= 0.6 is 0 Å². The van der Waals surface area contributed by atoms with Crippen LogP contribution in [-0.2, 0) is 22.6 Å². The highest BCUT2D eigenvalue weighted by Gasteiger charge is 2.37. The molecular formula is C21H19N3O5. The van der Waals surface area contributed by atoms with Crippen LogP contribution in [0.15, 0.2) is 58.1 Å². The van der Waals surface area contributed by atoms with Crippen LogP contribution in [-0.4, -0.2) is 37.5 Å². The summed E-state index contributed by atoms with van der Waals surface area (Å²) in [6.45, 7) is 1.55. The second-order valence-corrected chi connectivity index (χ2v) is 7.12. The molecule has 2 aromatic carbocycles. The number of fused-ring (bicyclic) bond motifs is 2. The first kappa shape index (κ1) is 18.7. The van der Waals surface area contributed by atoms with E-state index in [0.29, 0.717) is 5.52 Å². The van der Waals surface area contributed by atoms with Gasteiger partial charge in [0.15, 0.2) is 0 Å². The number of amides is 1. The molecule has 0 fully saturated rings. The Morgan fingerprint density at radius 3 is 2.45 bits per heavy atom. The fraction of sp³-hybridized carbons (Fsp3) is 0.238. The van der Waals surface area contributed by atoms with E-state index in [9.17, 15) is 24.3 Å². The van der Waals surface area contributed by atoms with E-state index in [1.54, 1.807) is 24.3 Å². The third-order valence-electron chi connectivity index (χ3n) is 5.40. The molecule has 0 spiro atoms. The van der Waals surface area contributed by atoms with Crippen LogP contribution in [0.3, 0.4) is 0 Å². The molecule has 0 saturated heterocycles. The summed E-state index contributed by atoms with van der Waals surface area (Å²) in [6.07, 6.45) is 0.174. The number of para-hydroxylation sites is 1. The minimum absolute atomic E-state index is 0.108. The van der Waals surface area contributed by atoms with E-state index in [2.05, 4.69) is 4.98 Å². The maximum absolute atomic E-state index is 13.2. The summed E-state index contributed by atoms with van der Waals surface area (Å²) in [4.78, 5) is 54.2. The van der Waals surface area contributed by atoms with Gasteiger partial charge in [-0.2, -0.15) is 0 Å². The number of carbonyl (C=O) groups is 2. The van der Waals surface area contributed by atoms with E-state index in [4.69, 9.17) is 0 Å². The molecule has 2 heterocycles. The average Bonchev–Trinajstić information content (AvgIpc) is 2.72. The highest BCUT2D eigenvalue weighted by atomic mass is 16.4. The van der Waals surface area contributed by atoms with Gasteiger partial charge in [0.25, 0.3) is 5.56 Å². The van der Waals surface area contributed by atoms with Crippen molar-refractivity contribution in [1.29, 1.82) is 0 Å². The van der Waals surface area contributed by atoms with E-state index in [-0.39, 0.29) is 18.4 Å². The Kier molecular flexibility index (Phi) is 4.54. The molecule has 1 amide bonds. The Balaban J connectivity index is 1.76. The van der Waals surface area contributed by atoms with Gasteiger partial charge in [-0.15, -0.1) is 0 Å². The molecule has 0 aliphatic carbocycles. The molecule has 0 saturated carbocycles. The van der Waals surface area contributed by atoms with Crippen molar-refractivity contribution in [1.82, 2.24) is 14.5 Å². The zero-order valence-corrected chi connectivity index (χ0v) is 15.7. The highest BCUT2D eigenvalue weighted by Crippen LogP contribution is 2.25. The summed E-state index contributed by atoms with van der Waals surface area (Å²) in [6, 6.07) is 11.7. The molecule has 0 unspecified atom stereocenters. The zero-order valence-electron chi connectivity index (χ0n) is 15.7. The highest BCUT2D eigenvalue weighted by molar-refractivity contribution is 5.87. The minimum Gasteiger partial charge on any atom is -0.480 e. The fourth-order valence-corrected chi connectivity index (χ4v) is 3.85. The number of hydrogen-bond acceptors (Lipinski definition) is 4. The van der Waals surface area contributed by atoms with Crippen molar-refractivity contribution in [3.8, 4) is 0 Å². The average molecular weight is 393 g/mol. The van der Waals surface area contributed by atoms with E-state index in [1.165, 1.54) is 11.8 Å². The van der Waals surface area contributed by atoms with Gasteiger partial charge in [0, 0.05) is 13.0 Å². The lowest BCUT2D eigenvalue weighted by Crippen LogP contribution is -2.52. The van der Waals surface area contributed by atoms with Crippen LogP contribution in [0, 0.1) is 0 Å². The Morgan fingerprint density at radius 1 is 1.07 bits per heavy atom. The number of carboxylic acids is 1. The number of nitrogens with zero attached hydrogens (tertiary/aromatic N) is 2. The number of aromatic nitrogens is 2. The molecule has 4 rings (SSSR count). The topological polar surface area (TPSA) is 112 Å². The number of aliphatic carboxylic acids is 1. The van der Waals surface area contributed by atoms with Crippen molar-refractivity contribution in [2.75, 3.05) is 0 Å². The molecule has 0 bridgehead atoms. The molecule has 1 aliphatic heterocycles. The predicted molar refractivity (Wildman–Crippen MR) is 106 cm³/mol. The number of carboxylic acid groups (broad SMARTS) is 1. The van der Waals surface area contributed by atoms with Crippen molar-refractivity contribution in [3.63, 3.8) is 0 Å². The van der Waals surface area contributed by atoms with Crippen molar-refractivity contribution in [2.45, 2.75) is 32.0 Å². The summed E-state index contributed by atoms with van der Waals surface area (Å²) < 4.78 is 0.851. The van der Waals surface area contributed by atoms with Gasteiger partial charge >= 0.3 is 11.7 Å². The Hall–Kier alpha value is -3.68. The minimum atomic E-state index is -1.15. The molecule has 2 atom stereocenters. The molecule has 8 nitrogen and oxygen atoms in total. The summed E-state index contributed by atoms with van der Waals surface area (Å²) in [5.74, 6) is -1.71. The second-order valence-electron chi connectivity index (χ2n) is 7.12. The van der Waals surface area contributed by atoms with Crippen LogP contribution in [0.5, 0.6) is 0 Å². The maximum Gasteiger partial charge on any atom is 0.329 e. The summed E-state index contributed by atoms with van der Waals surface area (Å²) in [5, 5.41) is 9.94. The van der Waals surface area contributed by atoms with Gasteiger partial charge in [-0.3, -0.25) is 9.59 Å². The van der Waals surface area contributed by atoms with Gasteiger partial charge in [-0.25, -0.2) is 14.2 Å². The second kappa shape index (κ2) is 7.05. The third kappa shape index (κ3) is 3.12. The van der Waals surface area contributed by atoms with E-state index >= 15 is 0 Å². The lowest BCUT2D eigenvalue weighted by Gasteiger charge is -2.36. The lowest BCUT2D eigenvalue weighted by atomic mass is 9.93. The van der Waals surface area contributed by atoms with Crippen molar-refractivity contribution in [3.05, 3.63) is 80.5 Å². The Labute approximate surface area is 165 Å². The lowest BCUT2D eigenvalue weighted by molar-refractivity contribution is -0.152. The van der Waals surface area contributed by atoms with Crippen LogP contribution in [0.2, 0.25) is 0 Å². The summed E-state index contributed by atoms with van der Waals surface area (Å²) >= 11 is 0. The number of nitrogens with one attached hydrogen (secondary N) is 1. The smallest absolute Gasteiger partial charge is 0.329 e. The van der Waals surface area contributed by atoms with Crippen LogP contribution in [0.4, 0.5) is 0 Å². The molecule has 148 valence electrons. The monoisotopic (exact) mass is 393 g/mol. The van der Waals surface area contributed by atoms with Crippen LogP contribution in [0.25, 0.3) is 10.9 Å². The van der Waals surface area contributed by atoms with Gasteiger partial charge in [-0.1, -0.05) is 36.4 Å². The number of H-pyrrole nitrogens is 1. The molecule has 0 radical (unpaired) electrons. The van der Waals surface area contributed by atoms with Crippen molar-refractivity contribution >= 4 is 22.8 Å². The molecule has 3 aromatic rings. The number of carbonyl (C=O) groups excluding carboxylic acids is 1. The van der Waals surface area contributed by atoms with Crippen molar-refractivity contribution in [2.24, 2.45) is 0 Å². The largest absolute Gasteiger partial charge is 0.480 e. The van der Waals surface area contributed by atoms with Crippen molar-refractivity contribution < 1.29 is 14.7 Å². The number of aromatic amines is 1. The molecule has 1 aliphatic rings. The van der Waals surface area contributed by atoms with E-state index in [1.807, 2.05) is 24.3 Å². The first-order chi connectivity index (χ1) is 13.9. The molecular weight excluding hydrogens is 374 g/mol. The maximum atomic E-state index is 13.2. The zero-order chi connectivity index (χ0) is 20.7. The summed E-state index contributed by atoms with van der Waals surface area (Å²) in [5.41, 5.74) is 0.810. The molecule has 29 heavy (non-hydrogen) atoms.